The standard InChI is InChI=1S/C58H30S4/c1-5-13-51-35(9-1)47-21-31(17-19-55(47)59-51)39-23-33-25-42-34(26-41(33)45-29-57-49(27-43(39)45)37-11-3-7-15-53(37)61-57)24-40(32-18-20-56-48(22-32)36-10-2-6-14-52(36)60-56)44-28-50-38-12-4-8-16-54(38)62-58(50)30-46(42)44/h1-30H. The van der Waals surface area contributed by atoms with Gasteiger partial charge in [0.15, 0.2) is 0 Å². The van der Waals surface area contributed by atoms with Crippen LogP contribution in [0.5, 0.6) is 0 Å². The summed E-state index contributed by atoms with van der Waals surface area (Å²) in [6.07, 6.45) is 0. The van der Waals surface area contributed by atoms with E-state index >= 15 is 0 Å². The Balaban J connectivity index is 1.07. The van der Waals surface area contributed by atoms with Crippen LogP contribution in [0.2, 0.25) is 0 Å². The van der Waals surface area contributed by atoms with Gasteiger partial charge < -0.3 is 0 Å². The summed E-state index contributed by atoms with van der Waals surface area (Å²) in [5.41, 5.74) is 5.08. The van der Waals surface area contributed by atoms with E-state index in [2.05, 4.69) is 182 Å². The van der Waals surface area contributed by atoms with Crippen molar-refractivity contribution in [3.63, 3.8) is 0 Å². The molecule has 0 bridgehead atoms. The monoisotopic (exact) mass is 854 g/mol. The molecule has 0 radical (unpaired) electrons. The van der Waals surface area contributed by atoms with Crippen molar-refractivity contribution < 1.29 is 0 Å². The van der Waals surface area contributed by atoms with E-state index in [1.165, 1.54) is 146 Å². The first-order chi connectivity index (χ1) is 30.7. The zero-order valence-electron chi connectivity index (χ0n) is 33.0. The molecule has 0 amide bonds. The van der Waals surface area contributed by atoms with Crippen molar-refractivity contribution in [2.24, 2.45) is 0 Å². The maximum absolute atomic E-state index is 2.50. The highest BCUT2D eigenvalue weighted by Crippen LogP contribution is 2.48. The third kappa shape index (κ3) is 4.75. The van der Waals surface area contributed by atoms with Crippen molar-refractivity contribution in [2.75, 3.05) is 0 Å². The van der Waals surface area contributed by atoms with Crippen LogP contribution in [0.3, 0.4) is 0 Å². The predicted molar refractivity (Wildman–Crippen MR) is 279 cm³/mol. The molecule has 0 aliphatic heterocycles. The van der Waals surface area contributed by atoms with Gasteiger partial charge in [0.1, 0.15) is 0 Å². The third-order valence-corrected chi connectivity index (χ3v) is 18.0. The van der Waals surface area contributed by atoms with Crippen LogP contribution in [0.25, 0.3) is 146 Å². The highest BCUT2D eigenvalue weighted by Gasteiger charge is 2.19. The number of rotatable bonds is 2. The Bertz CT molecular complexity index is 4170. The fourth-order valence-electron chi connectivity index (χ4n) is 10.5. The lowest BCUT2D eigenvalue weighted by Crippen LogP contribution is -1.89. The Morgan fingerprint density at radius 3 is 0.935 bits per heavy atom. The molecule has 0 saturated heterocycles. The molecule has 0 unspecified atom stereocenters. The molecule has 0 atom stereocenters. The minimum Gasteiger partial charge on any atom is -0.135 e. The zero-order chi connectivity index (χ0) is 40.2. The molecule has 15 aromatic rings. The minimum absolute atomic E-state index is 1.26. The molecule has 0 N–H and O–H groups in total. The van der Waals surface area contributed by atoms with Gasteiger partial charge in [0.25, 0.3) is 0 Å². The van der Waals surface area contributed by atoms with Gasteiger partial charge in [-0.1, -0.05) is 84.9 Å². The van der Waals surface area contributed by atoms with E-state index in [9.17, 15) is 0 Å². The van der Waals surface area contributed by atoms with Crippen molar-refractivity contribution in [2.45, 2.75) is 0 Å². The molecule has 4 heterocycles. The Kier molecular flexibility index (Phi) is 6.84. The van der Waals surface area contributed by atoms with Crippen LogP contribution in [0.1, 0.15) is 0 Å². The molecule has 0 spiro atoms. The van der Waals surface area contributed by atoms with Gasteiger partial charge in [-0.15, -0.1) is 45.3 Å². The fourth-order valence-corrected chi connectivity index (χ4v) is 14.9. The van der Waals surface area contributed by atoms with Crippen molar-refractivity contribution >= 4 is 169 Å². The SMILES string of the molecule is c1ccc2c(c1)sc1ccc(-c3cc4cc5c(cc(-c6ccc7sc8ccccc8c7c6)c6cc7c(cc65)sc5ccccc57)cc4c4cc5sc6ccccc6c5cc34)cc12. The zero-order valence-corrected chi connectivity index (χ0v) is 36.2. The van der Waals surface area contributed by atoms with Gasteiger partial charge in [-0.25, -0.2) is 0 Å². The smallest absolute Gasteiger partial charge is 0.0362 e. The molecule has 0 aliphatic carbocycles. The second-order valence-electron chi connectivity index (χ2n) is 16.7. The van der Waals surface area contributed by atoms with Crippen LogP contribution >= 0.6 is 45.3 Å². The molecular weight excluding hydrogens is 825 g/mol. The van der Waals surface area contributed by atoms with Gasteiger partial charge in [-0.3, -0.25) is 0 Å². The molecule has 0 nitrogen and oxygen atoms in total. The van der Waals surface area contributed by atoms with Crippen LogP contribution in [-0.2, 0) is 0 Å². The quantitative estimate of drug-likeness (QED) is 0.120. The average molecular weight is 855 g/mol. The summed E-state index contributed by atoms with van der Waals surface area (Å²) in [6.45, 7) is 0. The third-order valence-electron chi connectivity index (χ3n) is 13.4. The van der Waals surface area contributed by atoms with E-state index in [1.807, 2.05) is 45.3 Å². The summed E-state index contributed by atoms with van der Waals surface area (Å²) in [5.74, 6) is 0. The summed E-state index contributed by atoms with van der Waals surface area (Å²) in [4.78, 5) is 0. The summed E-state index contributed by atoms with van der Waals surface area (Å²) in [7, 11) is 0. The van der Waals surface area contributed by atoms with E-state index < -0.39 is 0 Å². The number of hydrogen-bond donors (Lipinski definition) is 0. The van der Waals surface area contributed by atoms with Crippen LogP contribution in [0, 0.1) is 0 Å². The summed E-state index contributed by atoms with van der Waals surface area (Å²) in [6, 6.07) is 69.7. The topological polar surface area (TPSA) is 0 Å². The number of fused-ring (bicyclic) bond motifs is 18. The van der Waals surface area contributed by atoms with Crippen molar-refractivity contribution in [1.82, 2.24) is 0 Å². The van der Waals surface area contributed by atoms with E-state index in [0.717, 1.165) is 0 Å². The molecule has 15 rings (SSSR count). The predicted octanol–water partition coefficient (Wildman–Crippen LogP) is 19.1. The number of thiophene rings is 4. The Hall–Kier alpha value is -6.66. The highest BCUT2D eigenvalue weighted by atomic mass is 32.1. The summed E-state index contributed by atoms with van der Waals surface area (Å²) < 4.78 is 10.7. The Morgan fingerprint density at radius 1 is 0.194 bits per heavy atom. The molecule has 286 valence electrons. The normalized spacial score (nSPS) is 12.5. The van der Waals surface area contributed by atoms with Crippen LogP contribution in [0.15, 0.2) is 182 Å². The Morgan fingerprint density at radius 2 is 0.532 bits per heavy atom. The van der Waals surface area contributed by atoms with E-state index in [0.29, 0.717) is 0 Å². The van der Waals surface area contributed by atoms with Crippen LogP contribution < -0.4 is 0 Å². The van der Waals surface area contributed by atoms with Crippen molar-refractivity contribution in [1.29, 1.82) is 0 Å². The molecule has 11 aromatic carbocycles. The van der Waals surface area contributed by atoms with Crippen molar-refractivity contribution in [3.8, 4) is 22.3 Å². The summed E-state index contributed by atoms with van der Waals surface area (Å²) >= 11 is 7.58. The molecule has 0 saturated carbocycles. The van der Waals surface area contributed by atoms with E-state index in [1.54, 1.807) is 0 Å². The molecule has 62 heavy (non-hydrogen) atoms. The lowest BCUT2D eigenvalue weighted by Gasteiger charge is -2.16. The Labute approximate surface area is 370 Å². The first-order valence-corrected chi connectivity index (χ1v) is 24.3. The maximum atomic E-state index is 2.50. The van der Waals surface area contributed by atoms with Crippen LogP contribution in [0.4, 0.5) is 0 Å². The highest BCUT2D eigenvalue weighted by molar-refractivity contribution is 7.27. The number of hydrogen-bond acceptors (Lipinski definition) is 4. The van der Waals surface area contributed by atoms with E-state index in [-0.39, 0.29) is 0 Å². The number of benzene rings is 11. The average Bonchev–Trinajstić information content (AvgIpc) is 4.08. The van der Waals surface area contributed by atoms with Gasteiger partial charge in [0, 0.05) is 80.7 Å². The van der Waals surface area contributed by atoms with Gasteiger partial charge in [-0.05, 0) is 162 Å². The lowest BCUT2D eigenvalue weighted by molar-refractivity contribution is 1.74. The van der Waals surface area contributed by atoms with Gasteiger partial charge >= 0.3 is 0 Å². The first kappa shape index (κ1) is 34.0. The minimum atomic E-state index is 1.26. The first-order valence-electron chi connectivity index (χ1n) is 21.0. The van der Waals surface area contributed by atoms with Gasteiger partial charge in [0.05, 0.1) is 0 Å². The maximum Gasteiger partial charge on any atom is 0.0362 e. The van der Waals surface area contributed by atoms with Crippen LogP contribution in [-0.4, -0.2) is 0 Å². The van der Waals surface area contributed by atoms with E-state index in [4.69, 9.17) is 0 Å². The second-order valence-corrected chi connectivity index (χ2v) is 21.1. The largest absolute Gasteiger partial charge is 0.135 e. The van der Waals surface area contributed by atoms with Gasteiger partial charge in [0.2, 0.25) is 0 Å². The molecule has 4 heteroatoms. The second kappa shape index (κ2) is 12.5. The lowest BCUT2D eigenvalue weighted by atomic mass is 9.87. The van der Waals surface area contributed by atoms with Gasteiger partial charge in [-0.2, -0.15) is 0 Å². The molecular formula is C58H30S4. The fraction of sp³-hybridized carbons (Fsp3) is 0. The summed E-state index contributed by atoms with van der Waals surface area (Å²) in [5, 5.41) is 21.0. The molecule has 4 aromatic heterocycles. The van der Waals surface area contributed by atoms with Crippen molar-refractivity contribution in [3.05, 3.63) is 182 Å². The molecule has 0 fully saturated rings. The molecule has 0 aliphatic rings.